The third kappa shape index (κ3) is 5.35. The average molecular weight is 673 g/mol. The summed E-state index contributed by atoms with van der Waals surface area (Å²) in [6.45, 7) is 3.20. The quantitative estimate of drug-likeness (QED) is 0.315. The minimum atomic E-state index is -5.76. The molecule has 3 N–H and O–H groups in total. The fourth-order valence-corrected chi connectivity index (χ4v) is 9.14. The molecule has 4 fully saturated rings. The molecule has 7 rings (SSSR count). The fourth-order valence-electron chi connectivity index (χ4n) is 7.71. The molecule has 3 amide bonds. The summed E-state index contributed by atoms with van der Waals surface area (Å²) in [5, 5.41) is 3.13. The van der Waals surface area contributed by atoms with Crippen LogP contribution in [-0.2, 0) is 19.8 Å². The number of hydrogen-bond acceptors (Lipinski definition) is 6. The Kier molecular flexibility index (Phi) is 7.43. The van der Waals surface area contributed by atoms with Gasteiger partial charge in [-0.15, -0.1) is 11.3 Å². The zero-order valence-electron chi connectivity index (χ0n) is 25.2. The van der Waals surface area contributed by atoms with Crippen molar-refractivity contribution in [2.24, 2.45) is 5.41 Å². The van der Waals surface area contributed by atoms with Crippen molar-refractivity contribution in [1.82, 2.24) is 20.1 Å². The number of alkyl halides is 2. The summed E-state index contributed by atoms with van der Waals surface area (Å²) in [5.41, 5.74) is -4.57. The Morgan fingerprint density at radius 3 is 2.54 bits per heavy atom. The molecule has 0 radical (unpaired) electrons. The van der Waals surface area contributed by atoms with Crippen LogP contribution in [0.25, 0.3) is 10.1 Å². The van der Waals surface area contributed by atoms with Crippen LogP contribution < -0.4 is 5.32 Å². The molecule has 244 valence electrons. The van der Waals surface area contributed by atoms with Gasteiger partial charge in [0.25, 0.3) is 5.91 Å². The van der Waals surface area contributed by atoms with Gasteiger partial charge < -0.3 is 24.9 Å². The van der Waals surface area contributed by atoms with Crippen LogP contribution in [0.5, 0.6) is 0 Å². The molecule has 3 atom stereocenters. The first kappa shape index (κ1) is 31.4. The van der Waals surface area contributed by atoms with Gasteiger partial charge in [0, 0.05) is 47.2 Å². The van der Waals surface area contributed by atoms with Crippen molar-refractivity contribution >= 4 is 46.7 Å². The summed E-state index contributed by atoms with van der Waals surface area (Å²) in [6, 6.07) is 7.01. The molecule has 4 aliphatic rings. The van der Waals surface area contributed by atoms with Crippen molar-refractivity contribution in [3.8, 4) is 0 Å². The second kappa shape index (κ2) is 10.9. The number of likely N-dealkylation sites (tertiary alicyclic amines) is 1. The number of carbonyl (C=O) groups excluding carboxylic acids is 3. The van der Waals surface area contributed by atoms with Gasteiger partial charge in [-0.05, 0) is 92.5 Å². The summed E-state index contributed by atoms with van der Waals surface area (Å²) >= 11 is 1.04. The van der Waals surface area contributed by atoms with E-state index in [2.05, 4.69) is 17.2 Å². The summed E-state index contributed by atoms with van der Waals surface area (Å²) < 4.78 is 40.5. The Balaban J connectivity index is 1.11. The average Bonchev–Trinajstić information content (AvgIpc) is 3.45. The van der Waals surface area contributed by atoms with Gasteiger partial charge in [-0.25, -0.2) is 0 Å². The van der Waals surface area contributed by atoms with Gasteiger partial charge in [0.2, 0.25) is 11.8 Å². The Hall–Kier alpha value is -3.25. The van der Waals surface area contributed by atoms with Gasteiger partial charge >= 0.3 is 13.3 Å². The van der Waals surface area contributed by atoms with Crippen molar-refractivity contribution in [3.05, 3.63) is 64.8 Å². The number of pyridine rings is 1. The van der Waals surface area contributed by atoms with Crippen LogP contribution in [0.3, 0.4) is 0 Å². The number of nitrogens with one attached hydrogen (secondary N) is 1. The van der Waals surface area contributed by atoms with E-state index >= 15 is 0 Å². The van der Waals surface area contributed by atoms with Gasteiger partial charge in [-0.3, -0.25) is 23.9 Å². The van der Waals surface area contributed by atoms with Crippen LogP contribution in [-0.4, -0.2) is 73.0 Å². The highest BCUT2D eigenvalue weighted by atomic mass is 32.1. The number of nitrogens with zero attached hydrogens (tertiary/aromatic N) is 3. The number of benzene rings is 1. The highest BCUT2D eigenvalue weighted by molar-refractivity contribution is 7.52. The van der Waals surface area contributed by atoms with Crippen LogP contribution in [0, 0.1) is 5.41 Å². The molecular weight excluding hydrogens is 637 g/mol. The van der Waals surface area contributed by atoms with Crippen molar-refractivity contribution in [2.45, 2.75) is 81.1 Å². The summed E-state index contributed by atoms with van der Waals surface area (Å²) in [7, 11) is -5.76. The maximum Gasteiger partial charge on any atom is 0.399 e. The minimum absolute atomic E-state index is 0.0693. The number of thiophene rings is 1. The van der Waals surface area contributed by atoms with Crippen molar-refractivity contribution in [2.75, 3.05) is 13.1 Å². The van der Waals surface area contributed by atoms with Gasteiger partial charge in [0.1, 0.15) is 12.1 Å². The van der Waals surface area contributed by atoms with E-state index in [-0.39, 0.29) is 33.4 Å². The van der Waals surface area contributed by atoms with Crippen molar-refractivity contribution < 1.29 is 37.5 Å². The Morgan fingerprint density at radius 2 is 1.87 bits per heavy atom. The summed E-state index contributed by atoms with van der Waals surface area (Å²) in [6.07, 6.45) is 8.91. The lowest BCUT2D eigenvalue weighted by Gasteiger charge is -2.47. The zero-order chi connectivity index (χ0) is 32.6. The maximum absolute atomic E-state index is 14.3. The van der Waals surface area contributed by atoms with E-state index in [1.807, 2.05) is 23.2 Å². The molecule has 46 heavy (non-hydrogen) atoms. The second-order valence-corrected chi connectivity index (χ2v) is 16.4. The van der Waals surface area contributed by atoms with E-state index < -0.39 is 42.4 Å². The maximum atomic E-state index is 14.3. The molecule has 3 saturated heterocycles. The number of fused-ring (bicyclic) bond motifs is 2. The molecule has 1 aliphatic carbocycles. The molecule has 1 saturated carbocycles. The molecule has 0 unspecified atom stereocenters. The van der Waals surface area contributed by atoms with Crippen LogP contribution in [0.4, 0.5) is 8.78 Å². The smallest absolute Gasteiger partial charge is 0.340 e. The third-order valence-corrected chi connectivity index (χ3v) is 12.6. The highest BCUT2D eigenvalue weighted by Crippen LogP contribution is 2.60. The van der Waals surface area contributed by atoms with Gasteiger partial charge in [-0.2, -0.15) is 8.78 Å². The van der Waals surface area contributed by atoms with Gasteiger partial charge in [-0.1, -0.05) is 12.1 Å². The minimum Gasteiger partial charge on any atom is -0.340 e. The first-order chi connectivity index (χ1) is 21.7. The molecule has 1 aromatic carbocycles. The highest BCUT2D eigenvalue weighted by Gasteiger charge is 2.58. The molecule has 2 aromatic heterocycles. The van der Waals surface area contributed by atoms with E-state index in [0.717, 1.165) is 54.7 Å². The monoisotopic (exact) mass is 672 g/mol. The molecule has 14 heteroatoms. The zero-order valence-corrected chi connectivity index (χ0v) is 26.9. The molecule has 10 nitrogen and oxygen atoms in total. The lowest BCUT2D eigenvalue weighted by Crippen LogP contribution is -2.62. The summed E-state index contributed by atoms with van der Waals surface area (Å²) in [4.78, 5) is 67.9. The van der Waals surface area contributed by atoms with E-state index in [1.165, 1.54) is 12.1 Å². The van der Waals surface area contributed by atoms with Crippen LogP contribution in [0.2, 0.25) is 0 Å². The molecular formula is C32H35F2N4O6PS. The topological polar surface area (TPSA) is 140 Å². The van der Waals surface area contributed by atoms with Gasteiger partial charge in [0.15, 0.2) is 0 Å². The van der Waals surface area contributed by atoms with E-state index in [9.17, 15) is 27.7 Å². The Morgan fingerprint density at radius 1 is 1.11 bits per heavy atom. The third-order valence-electron chi connectivity index (χ3n) is 10.5. The molecule has 3 aliphatic heterocycles. The number of carbonyl (C=O) groups is 3. The van der Waals surface area contributed by atoms with Crippen molar-refractivity contribution in [1.29, 1.82) is 0 Å². The van der Waals surface area contributed by atoms with Gasteiger partial charge in [0.05, 0.1) is 4.88 Å². The largest absolute Gasteiger partial charge is 0.399 e. The lowest BCUT2D eigenvalue weighted by molar-refractivity contribution is -0.153. The molecule has 0 bridgehead atoms. The molecule has 5 heterocycles. The Labute approximate surface area is 268 Å². The molecule has 1 spiro atoms. The summed E-state index contributed by atoms with van der Waals surface area (Å²) in [5.74, 6) is -0.689. The lowest BCUT2D eigenvalue weighted by atomic mass is 9.79. The van der Waals surface area contributed by atoms with Crippen molar-refractivity contribution in [3.63, 3.8) is 0 Å². The predicted molar refractivity (Wildman–Crippen MR) is 166 cm³/mol. The number of halogens is 2. The first-order valence-electron chi connectivity index (χ1n) is 15.5. The Bertz CT molecular complexity index is 1770. The molecule has 3 aromatic rings. The first-order valence-corrected chi connectivity index (χ1v) is 17.9. The second-order valence-electron chi connectivity index (χ2n) is 13.7. The number of hydrogen-bond donors (Lipinski definition) is 3. The van der Waals surface area contributed by atoms with Crippen LogP contribution in [0.15, 0.2) is 48.8 Å². The normalized spacial score (nSPS) is 26.4. The predicted octanol–water partition coefficient (Wildman–Crippen LogP) is 4.96. The van der Waals surface area contributed by atoms with Crippen LogP contribution >= 0.6 is 18.9 Å². The number of aromatic nitrogens is 1. The van der Waals surface area contributed by atoms with E-state index in [1.54, 1.807) is 11.1 Å². The SMILES string of the molecule is C[C@]12CC[C@@H](C(=O)N3CC(c4cccnc4)C3)N1C(=O)[C@@H](NC(=O)c1cc3cc(C(F)(F)P(=O)(O)O)ccc3s1)CCC1(CC1)C2. The number of amides is 3. The van der Waals surface area contributed by atoms with Crippen LogP contribution in [0.1, 0.15) is 78.6 Å². The van der Waals surface area contributed by atoms with E-state index in [0.29, 0.717) is 37.1 Å². The number of rotatable bonds is 6. The standard InChI is InChI=1S/C32H35F2N4O6PS/c1-30-8-7-24(29(41)37-16-21(17-37)19-3-2-12-35-15-19)38(30)28(40)23(6-9-31(18-30)10-11-31)36-27(39)26-14-20-13-22(4-5-25(20)46-26)32(33,34)45(42,43)44/h2-5,12-15,21,23-24H,6-11,16-18H2,1H3,(H,36,39)(H2,42,43,44)/t23-,24-,30+/m0/s1. The van der Waals surface area contributed by atoms with E-state index in [4.69, 9.17) is 9.79 Å². The fraction of sp³-hybridized carbons (Fsp3) is 0.500.